The zero-order chi connectivity index (χ0) is 18.2. The molecule has 0 bridgehead atoms. The van der Waals surface area contributed by atoms with E-state index in [4.69, 9.17) is 11.5 Å². The molecule has 2 aliphatic rings. The molecule has 4 amide bonds. The molecule has 3 rings (SSSR count). The zero-order valence-electron chi connectivity index (χ0n) is 13.7. The summed E-state index contributed by atoms with van der Waals surface area (Å²) in [5.41, 5.74) is 10.5. The van der Waals surface area contributed by atoms with Gasteiger partial charge in [0.05, 0.1) is 11.1 Å². The van der Waals surface area contributed by atoms with E-state index in [0.29, 0.717) is 19.4 Å². The summed E-state index contributed by atoms with van der Waals surface area (Å²) in [6, 6.07) is 4.65. The monoisotopic (exact) mass is 344 g/mol. The molecule has 5 N–H and O–H groups in total. The first kappa shape index (κ1) is 17.1. The van der Waals surface area contributed by atoms with Gasteiger partial charge in [0.1, 0.15) is 5.54 Å². The smallest absolute Gasteiger partial charge is 0.264 e. The first-order valence-corrected chi connectivity index (χ1v) is 8.24. The molecule has 0 spiro atoms. The van der Waals surface area contributed by atoms with Crippen molar-refractivity contribution in [3.8, 4) is 0 Å². The standard InChI is InChI=1S/C17H20N4O4/c18-9-2-1-7-17(8-6-12(22)20-16(17)25)21-14(23)10-4-3-5-11(19)13(10)15(21)24/h3-5H,1-2,6-9,18-19H2,(H,20,22,25). The van der Waals surface area contributed by atoms with E-state index >= 15 is 0 Å². The maximum Gasteiger partial charge on any atom is 0.264 e. The molecular weight excluding hydrogens is 324 g/mol. The first-order chi connectivity index (χ1) is 11.9. The summed E-state index contributed by atoms with van der Waals surface area (Å²) >= 11 is 0. The number of carbonyl (C=O) groups excluding carboxylic acids is 4. The van der Waals surface area contributed by atoms with Crippen LogP contribution >= 0.6 is 0 Å². The van der Waals surface area contributed by atoms with Crippen molar-refractivity contribution in [1.29, 1.82) is 0 Å². The van der Waals surface area contributed by atoms with Gasteiger partial charge >= 0.3 is 0 Å². The van der Waals surface area contributed by atoms with Crippen LogP contribution in [-0.4, -0.2) is 40.6 Å². The number of hydrogen-bond acceptors (Lipinski definition) is 6. The third-order valence-corrected chi connectivity index (χ3v) is 4.86. The number of carbonyl (C=O) groups is 4. The van der Waals surface area contributed by atoms with E-state index in [1.54, 1.807) is 12.1 Å². The fourth-order valence-electron chi connectivity index (χ4n) is 3.57. The molecule has 1 saturated heterocycles. The number of fused-ring (bicyclic) bond motifs is 1. The van der Waals surface area contributed by atoms with E-state index in [1.807, 2.05) is 0 Å². The number of amides is 4. The number of nitrogen functional groups attached to an aromatic ring is 1. The number of rotatable bonds is 5. The number of nitrogens with one attached hydrogen (secondary N) is 1. The Bertz CT molecular complexity index is 776. The molecular formula is C17H20N4O4. The third kappa shape index (κ3) is 2.58. The van der Waals surface area contributed by atoms with Crippen LogP contribution in [0.1, 0.15) is 52.8 Å². The van der Waals surface area contributed by atoms with Gasteiger partial charge in [-0.05, 0) is 44.4 Å². The largest absolute Gasteiger partial charge is 0.398 e. The highest BCUT2D eigenvalue weighted by Gasteiger charge is 2.55. The minimum absolute atomic E-state index is 0.0667. The van der Waals surface area contributed by atoms with Gasteiger partial charge in [0.25, 0.3) is 17.7 Å². The van der Waals surface area contributed by atoms with Gasteiger partial charge in [0.15, 0.2) is 0 Å². The van der Waals surface area contributed by atoms with Gasteiger partial charge in [-0.25, -0.2) is 0 Å². The maximum absolute atomic E-state index is 12.9. The Hall–Kier alpha value is -2.74. The predicted molar refractivity (Wildman–Crippen MR) is 89.4 cm³/mol. The second-order valence-electron chi connectivity index (χ2n) is 6.37. The molecule has 2 heterocycles. The van der Waals surface area contributed by atoms with Crippen molar-refractivity contribution in [2.45, 2.75) is 37.6 Å². The van der Waals surface area contributed by atoms with Crippen LogP contribution in [0.2, 0.25) is 0 Å². The topological polar surface area (TPSA) is 136 Å². The number of hydrogen-bond donors (Lipinski definition) is 3. The van der Waals surface area contributed by atoms with Crippen molar-refractivity contribution >= 4 is 29.3 Å². The minimum atomic E-state index is -1.39. The molecule has 1 aromatic carbocycles. The lowest BCUT2D eigenvalue weighted by Crippen LogP contribution is -2.64. The molecule has 0 saturated carbocycles. The van der Waals surface area contributed by atoms with E-state index in [-0.39, 0.29) is 36.1 Å². The van der Waals surface area contributed by atoms with Gasteiger partial charge in [0.2, 0.25) is 5.91 Å². The molecule has 2 aliphatic heterocycles. The Morgan fingerprint density at radius 3 is 2.52 bits per heavy atom. The van der Waals surface area contributed by atoms with Crippen LogP contribution in [-0.2, 0) is 9.59 Å². The molecule has 1 fully saturated rings. The van der Waals surface area contributed by atoms with Crippen LogP contribution in [0.3, 0.4) is 0 Å². The molecule has 1 atom stereocenters. The van der Waals surface area contributed by atoms with Crippen LogP contribution in [0, 0.1) is 0 Å². The van der Waals surface area contributed by atoms with Gasteiger partial charge in [0, 0.05) is 12.1 Å². The van der Waals surface area contributed by atoms with Crippen LogP contribution in [0.4, 0.5) is 5.69 Å². The summed E-state index contributed by atoms with van der Waals surface area (Å²) in [6.45, 7) is 0.436. The van der Waals surface area contributed by atoms with Crippen molar-refractivity contribution in [2.75, 3.05) is 12.3 Å². The summed E-state index contributed by atoms with van der Waals surface area (Å²) in [4.78, 5) is 51.1. The molecule has 0 aromatic heterocycles. The summed E-state index contributed by atoms with van der Waals surface area (Å²) in [5, 5.41) is 2.27. The average molecular weight is 344 g/mol. The second-order valence-corrected chi connectivity index (χ2v) is 6.37. The third-order valence-electron chi connectivity index (χ3n) is 4.86. The lowest BCUT2D eigenvalue weighted by Gasteiger charge is -2.41. The fraction of sp³-hybridized carbons (Fsp3) is 0.412. The van der Waals surface area contributed by atoms with Crippen LogP contribution in [0.25, 0.3) is 0 Å². The van der Waals surface area contributed by atoms with Gasteiger partial charge in [-0.15, -0.1) is 0 Å². The first-order valence-electron chi connectivity index (χ1n) is 8.24. The molecule has 0 aliphatic carbocycles. The number of imide groups is 2. The lowest BCUT2D eigenvalue weighted by molar-refractivity contribution is -0.142. The van der Waals surface area contributed by atoms with Crippen LogP contribution in [0.15, 0.2) is 18.2 Å². The van der Waals surface area contributed by atoms with Gasteiger partial charge < -0.3 is 11.5 Å². The van der Waals surface area contributed by atoms with E-state index < -0.39 is 29.2 Å². The zero-order valence-corrected chi connectivity index (χ0v) is 13.7. The summed E-state index contributed by atoms with van der Waals surface area (Å²) < 4.78 is 0. The maximum atomic E-state index is 12.9. The number of nitrogens with zero attached hydrogens (tertiary/aromatic N) is 1. The molecule has 0 radical (unpaired) electrons. The van der Waals surface area contributed by atoms with Crippen molar-refractivity contribution < 1.29 is 19.2 Å². The highest BCUT2D eigenvalue weighted by Crippen LogP contribution is 2.39. The molecule has 25 heavy (non-hydrogen) atoms. The Morgan fingerprint density at radius 1 is 1.12 bits per heavy atom. The van der Waals surface area contributed by atoms with Crippen molar-refractivity contribution in [3.05, 3.63) is 29.3 Å². The number of unbranched alkanes of at least 4 members (excludes halogenated alkanes) is 1. The van der Waals surface area contributed by atoms with Crippen LogP contribution in [0.5, 0.6) is 0 Å². The van der Waals surface area contributed by atoms with Crippen LogP contribution < -0.4 is 16.8 Å². The molecule has 1 unspecified atom stereocenters. The molecule has 8 heteroatoms. The van der Waals surface area contributed by atoms with Gasteiger partial charge in [-0.3, -0.25) is 29.4 Å². The van der Waals surface area contributed by atoms with Crippen molar-refractivity contribution in [2.24, 2.45) is 5.73 Å². The number of nitrogens with two attached hydrogens (primary N) is 2. The fourth-order valence-corrected chi connectivity index (χ4v) is 3.57. The molecule has 1 aromatic rings. The number of benzene rings is 1. The normalized spacial score (nSPS) is 23.0. The van der Waals surface area contributed by atoms with E-state index in [9.17, 15) is 19.2 Å². The highest BCUT2D eigenvalue weighted by atomic mass is 16.2. The van der Waals surface area contributed by atoms with E-state index in [2.05, 4.69) is 5.32 Å². The minimum Gasteiger partial charge on any atom is -0.398 e. The van der Waals surface area contributed by atoms with E-state index in [0.717, 1.165) is 4.90 Å². The molecule has 8 nitrogen and oxygen atoms in total. The van der Waals surface area contributed by atoms with Gasteiger partial charge in [-0.2, -0.15) is 0 Å². The Kier molecular flexibility index (Phi) is 4.30. The lowest BCUT2D eigenvalue weighted by atomic mass is 9.82. The Labute approximate surface area is 144 Å². The van der Waals surface area contributed by atoms with Crippen molar-refractivity contribution in [1.82, 2.24) is 10.2 Å². The number of anilines is 1. The predicted octanol–water partition coefficient (Wildman–Crippen LogP) is 0.169. The highest BCUT2D eigenvalue weighted by molar-refractivity contribution is 6.26. The second kappa shape index (κ2) is 6.29. The quantitative estimate of drug-likeness (QED) is 0.396. The Morgan fingerprint density at radius 2 is 1.88 bits per heavy atom. The molecule has 132 valence electrons. The van der Waals surface area contributed by atoms with Gasteiger partial charge in [-0.1, -0.05) is 6.07 Å². The Balaban J connectivity index is 2.04. The summed E-state index contributed by atoms with van der Waals surface area (Å²) in [5.74, 6) is -2.16. The summed E-state index contributed by atoms with van der Waals surface area (Å²) in [6.07, 6.45) is 1.63. The number of piperidine rings is 1. The van der Waals surface area contributed by atoms with Crippen molar-refractivity contribution in [3.63, 3.8) is 0 Å². The van der Waals surface area contributed by atoms with E-state index in [1.165, 1.54) is 6.07 Å². The average Bonchev–Trinajstić information content (AvgIpc) is 2.83. The SMILES string of the molecule is NCCCCC1(N2C(=O)c3cccc(N)c3C2=O)CCC(=O)NC1=O. The summed E-state index contributed by atoms with van der Waals surface area (Å²) in [7, 11) is 0.